The molecule has 0 atom stereocenters. The van der Waals surface area contributed by atoms with E-state index in [9.17, 15) is 0 Å². The number of aromatic nitrogens is 2. The maximum atomic E-state index is 8.01. The van der Waals surface area contributed by atoms with Gasteiger partial charge in [0, 0.05) is 11.5 Å². The fourth-order valence-electron chi connectivity index (χ4n) is 1.00. The van der Waals surface area contributed by atoms with Gasteiger partial charge in [0.05, 0.1) is 13.6 Å². The molecule has 0 saturated heterocycles. The molecule has 72 valence electrons. The minimum atomic E-state index is 0. The summed E-state index contributed by atoms with van der Waals surface area (Å²) < 4.78 is 4.04. The van der Waals surface area contributed by atoms with Gasteiger partial charge in [-0.25, -0.2) is 9.13 Å². The summed E-state index contributed by atoms with van der Waals surface area (Å²) in [5, 5.41) is 3.45. The third-order valence-electron chi connectivity index (χ3n) is 1.56. The Hall–Kier alpha value is -1.19. The Balaban J connectivity index is 0.00000144. The predicted molar refractivity (Wildman–Crippen MR) is 44.2 cm³/mol. The zero-order valence-electron chi connectivity index (χ0n) is 7.47. The lowest BCUT2D eigenvalue weighted by Gasteiger charge is -1.90. The van der Waals surface area contributed by atoms with Crippen LogP contribution in [-0.2, 0) is 13.6 Å². The van der Waals surface area contributed by atoms with Gasteiger partial charge in [0.15, 0.2) is 0 Å². The summed E-state index contributed by atoms with van der Waals surface area (Å²) in [5.74, 6) is 0. The zero-order chi connectivity index (χ0) is 8.81. The van der Waals surface area contributed by atoms with Gasteiger partial charge in [0.25, 0.3) is 0 Å². The zero-order valence-corrected chi connectivity index (χ0v) is 8.22. The quantitative estimate of drug-likeness (QED) is 0.178. The van der Waals surface area contributed by atoms with Crippen molar-refractivity contribution in [2.75, 3.05) is 6.54 Å². The van der Waals surface area contributed by atoms with Crippen LogP contribution in [0.3, 0.4) is 0 Å². The smallest absolute Gasteiger partial charge is 0.243 e. The van der Waals surface area contributed by atoms with Crippen LogP contribution in [0.15, 0.2) is 23.8 Å². The number of imidazole rings is 1. The number of aryl methyl sites for hydroxylation is 2. The van der Waals surface area contributed by atoms with Crippen molar-refractivity contribution in [3.05, 3.63) is 29.2 Å². The van der Waals surface area contributed by atoms with Gasteiger partial charge in [-0.15, -0.1) is 0 Å². The molecule has 0 aliphatic rings. The van der Waals surface area contributed by atoms with Crippen LogP contribution < -0.4 is 17.0 Å². The number of azide groups is 1. The van der Waals surface area contributed by atoms with Crippen LogP contribution in [0.1, 0.15) is 6.42 Å². The first-order valence-corrected chi connectivity index (χ1v) is 3.85. The Bertz CT molecular complexity index is 289. The molecule has 1 aromatic rings. The summed E-state index contributed by atoms with van der Waals surface area (Å²) >= 11 is 0. The highest BCUT2D eigenvalue weighted by molar-refractivity contribution is 4.65. The largest absolute Gasteiger partial charge is 1.00 e. The third-order valence-corrected chi connectivity index (χ3v) is 1.56. The molecule has 13 heavy (non-hydrogen) atoms. The van der Waals surface area contributed by atoms with Gasteiger partial charge in [-0.2, -0.15) is 0 Å². The lowest BCUT2D eigenvalue weighted by molar-refractivity contribution is -0.671. The molecule has 0 bridgehead atoms. The molecule has 1 rings (SSSR count). The van der Waals surface area contributed by atoms with Gasteiger partial charge in [-0.05, 0) is 12.0 Å². The monoisotopic (exact) mass is 201 g/mol. The van der Waals surface area contributed by atoms with E-state index < -0.39 is 0 Å². The summed E-state index contributed by atoms with van der Waals surface area (Å²) in [4.78, 5) is 2.68. The van der Waals surface area contributed by atoms with Gasteiger partial charge in [-0.3, -0.25) is 0 Å². The number of hydrogen-bond acceptors (Lipinski definition) is 1. The van der Waals surface area contributed by atoms with Crippen molar-refractivity contribution in [1.82, 2.24) is 4.57 Å². The van der Waals surface area contributed by atoms with Gasteiger partial charge < -0.3 is 12.4 Å². The highest BCUT2D eigenvalue weighted by atomic mass is 35.5. The molecule has 1 aromatic heterocycles. The van der Waals surface area contributed by atoms with Crippen LogP contribution >= 0.6 is 0 Å². The van der Waals surface area contributed by atoms with Crippen LogP contribution in [0.4, 0.5) is 0 Å². The molecule has 0 radical (unpaired) electrons. The lowest BCUT2D eigenvalue weighted by Crippen LogP contribution is -3.00. The molecule has 1 heterocycles. The minimum Gasteiger partial charge on any atom is -1.00 e. The van der Waals surface area contributed by atoms with Crippen LogP contribution in [0.25, 0.3) is 10.4 Å². The SMILES string of the molecule is C[n+]1ccn(CCCN=[N+]=[N-])c1.[Cl-]. The molecule has 5 nitrogen and oxygen atoms in total. The van der Waals surface area contributed by atoms with Gasteiger partial charge in [-0.1, -0.05) is 5.11 Å². The molecule has 0 N–H and O–H groups in total. The second-order valence-corrected chi connectivity index (χ2v) is 2.62. The van der Waals surface area contributed by atoms with Crippen molar-refractivity contribution in [3.63, 3.8) is 0 Å². The summed E-state index contributed by atoms with van der Waals surface area (Å²) in [7, 11) is 1.98. The molecule has 0 amide bonds. The predicted octanol–water partition coefficient (Wildman–Crippen LogP) is -1.98. The topological polar surface area (TPSA) is 57.6 Å². The first kappa shape index (κ1) is 11.8. The van der Waals surface area contributed by atoms with Crippen molar-refractivity contribution in [2.45, 2.75) is 13.0 Å². The van der Waals surface area contributed by atoms with Crippen LogP contribution in [0.2, 0.25) is 0 Å². The van der Waals surface area contributed by atoms with E-state index in [1.54, 1.807) is 0 Å². The summed E-state index contributed by atoms with van der Waals surface area (Å²) in [6.07, 6.45) is 6.86. The molecule has 0 unspecified atom stereocenters. The number of rotatable bonds is 4. The Morgan fingerprint density at radius 3 is 2.92 bits per heavy atom. The molecule has 0 aliphatic heterocycles. The molecule has 0 fully saturated rings. The molecular formula is C7H12ClN5. The molecular weight excluding hydrogens is 190 g/mol. The standard InChI is InChI=1S/C7H12N5.ClH/c1-11-5-6-12(7-11)4-2-3-9-10-8;/h5-7H,2-4H2,1H3;1H/q+1;/p-1. The van der Waals surface area contributed by atoms with E-state index in [0.717, 1.165) is 13.0 Å². The van der Waals surface area contributed by atoms with Crippen molar-refractivity contribution < 1.29 is 17.0 Å². The Kier molecular flexibility index (Phi) is 5.76. The second kappa shape index (κ2) is 6.34. The fraction of sp³-hybridized carbons (Fsp3) is 0.571. The Labute approximate surface area is 83.0 Å². The van der Waals surface area contributed by atoms with Crippen LogP contribution in [0.5, 0.6) is 0 Å². The first-order chi connectivity index (χ1) is 5.83. The van der Waals surface area contributed by atoms with Gasteiger partial charge in [0.2, 0.25) is 6.33 Å². The minimum absolute atomic E-state index is 0. The normalized spacial score (nSPS) is 8.69. The van der Waals surface area contributed by atoms with E-state index >= 15 is 0 Å². The van der Waals surface area contributed by atoms with Gasteiger partial charge in [0.1, 0.15) is 12.4 Å². The average molecular weight is 202 g/mol. The maximum absolute atomic E-state index is 8.01. The van der Waals surface area contributed by atoms with Gasteiger partial charge >= 0.3 is 0 Å². The average Bonchev–Trinajstić information content (AvgIpc) is 2.45. The van der Waals surface area contributed by atoms with Crippen LogP contribution in [0, 0.1) is 0 Å². The van der Waals surface area contributed by atoms with Crippen LogP contribution in [-0.4, -0.2) is 11.1 Å². The second-order valence-electron chi connectivity index (χ2n) is 2.62. The van der Waals surface area contributed by atoms with Crippen molar-refractivity contribution >= 4 is 0 Å². The number of halogens is 1. The molecule has 0 saturated carbocycles. The van der Waals surface area contributed by atoms with E-state index in [1.165, 1.54) is 0 Å². The summed E-state index contributed by atoms with van der Waals surface area (Å²) in [6.45, 7) is 1.47. The molecule has 0 aliphatic carbocycles. The third kappa shape index (κ3) is 4.40. The van der Waals surface area contributed by atoms with E-state index in [1.807, 2.05) is 30.3 Å². The lowest BCUT2D eigenvalue weighted by atomic mass is 10.4. The summed E-state index contributed by atoms with van der Waals surface area (Å²) in [5.41, 5.74) is 8.01. The summed E-state index contributed by atoms with van der Waals surface area (Å²) in [6, 6.07) is 0. The molecule has 0 spiro atoms. The van der Waals surface area contributed by atoms with Crippen molar-refractivity contribution in [2.24, 2.45) is 12.2 Å². The Morgan fingerprint density at radius 1 is 1.62 bits per heavy atom. The molecule has 6 heteroatoms. The van der Waals surface area contributed by atoms with Crippen molar-refractivity contribution in [3.8, 4) is 0 Å². The van der Waals surface area contributed by atoms with E-state index in [4.69, 9.17) is 5.53 Å². The fourth-order valence-corrected chi connectivity index (χ4v) is 1.00. The maximum Gasteiger partial charge on any atom is 0.243 e. The highest BCUT2D eigenvalue weighted by Gasteiger charge is 1.97. The number of nitrogens with zero attached hydrogens (tertiary/aromatic N) is 5. The number of hydrogen-bond donors (Lipinski definition) is 0. The van der Waals surface area contributed by atoms with E-state index in [2.05, 4.69) is 14.6 Å². The molecule has 0 aromatic carbocycles. The highest BCUT2D eigenvalue weighted by Crippen LogP contribution is 1.89. The Morgan fingerprint density at radius 2 is 2.38 bits per heavy atom. The first-order valence-electron chi connectivity index (χ1n) is 3.85. The van der Waals surface area contributed by atoms with E-state index in [-0.39, 0.29) is 12.4 Å². The van der Waals surface area contributed by atoms with Crippen molar-refractivity contribution in [1.29, 1.82) is 0 Å². The van der Waals surface area contributed by atoms with E-state index in [0.29, 0.717) is 6.54 Å².